The first-order chi connectivity index (χ1) is 14.7. The lowest BCUT2D eigenvalue weighted by atomic mass is 10.2. The van der Waals surface area contributed by atoms with Crippen molar-refractivity contribution < 1.29 is 18.7 Å². The van der Waals surface area contributed by atoms with Crippen molar-refractivity contribution in [2.24, 2.45) is 0 Å². The van der Waals surface area contributed by atoms with Crippen LogP contribution in [0, 0.1) is 0 Å². The summed E-state index contributed by atoms with van der Waals surface area (Å²) >= 11 is 0. The van der Waals surface area contributed by atoms with E-state index in [1.807, 2.05) is 36.4 Å². The summed E-state index contributed by atoms with van der Waals surface area (Å²) in [6.07, 6.45) is 3.26. The highest BCUT2D eigenvalue weighted by Crippen LogP contribution is 2.17. The van der Waals surface area contributed by atoms with Gasteiger partial charge in [-0.25, -0.2) is 4.98 Å². The number of rotatable bonds is 8. The fourth-order valence-electron chi connectivity index (χ4n) is 3.50. The number of furan rings is 1. The Morgan fingerprint density at radius 2 is 2.00 bits per heavy atom. The number of hydrogen-bond donors (Lipinski definition) is 0. The zero-order chi connectivity index (χ0) is 20.9. The van der Waals surface area contributed by atoms with Gasteiger partial charge in [0.1, 0.15) is 11.5 Å². The first-order valence-electron chi connectivity index (χ1n) is 9.86. The number of benzene rings is 1. The summed E-state index contributed by atoms with van der Waals surface area (Å²) in [7, 11) is 1.60. The predicted octanol–water partition coefficient (Wildman–Crippen LogP) is 2.42. The highest BCUT2D eigenvalue weighted by Gasteiger charge is 2.29. The molecule has 0 fully saturated rings. The quantitative estimate of drug-likeness (QED) is 0.572. The van der Waals surface area contributed by atoms with Crippen molar-refractivity contribution >= 4 is 11.8 Å². The summed E-state index contributed by atoms with van der Waals surface area (Å²) in [6, 6.07) is 13.4. The number of aromatic nitrogens is 2. The molecule has 2 aromatic heterocycles. The van der Waals surface area contributed by atoms with E-state index >= 15 is 0 Å². The number of carbonyl (C=O) groups excluding carboxylic acids is 2. The molecule has 8 nitrogen and oxygen atoms in total. The number of amides is 2. The first-order valence-corrected chi connectivity index (χ1v) is 9.86. The molecule has 3 aromatic rings. The topological polar surface area (TPSA) is 80.8 Å². The molecule has 0 atom stereocenters. The minimum absolute atomic E-state index is 0.182. The van der Waals surface area contributed by atoms with Crippen molar-refractivity contribution in [1.29, 1.82) is 0 Å². The van der Waals surface area contributed by atoms with E-state index in [1.54, 1.807) is 40.0 Å². The number of ether oxygens (including phenoxy) is 1. The molecule has 0 N–H and O–H groups in total. The third-order valence-electron chi connectivity index (χ3n) is 5.08. The average molecular weight is 408 g/mol. The van der Waals surface area contributed by atoms with Crippen molar-refractivity contribution in [3.63, 3.8) is 0 Å². The third kappa shape index (κ3) is 4.28. The molecule has 1 aliphatic heterocycles. The summed E-state index contributed by atoms with van der Waals surface area (Å²) in [6.45, 7) is 2.87. The van der Waals surface area contributed by atoms with Gasteiger partial charge in [0.25, 0.3) is 11.8 Å². The molecule has 4 rings (SSSR count). The molecule has 1 aromatic carbocycles. The number of methoxy groups -OCH3 is 1. The first kappa shape index (κ1) is 19.9. The Bertz CT molecular complexity index is 998. The molecule has 8 heteroatoms. The van der Waals surface area contributed by atoms with Crippen molar-refractivity contribution in [2.45, 2.75) is 19.6 Å². The van der Waals surface area contributed by atoms with Gasteiger partial charge in [-0.1, -0.05) is 30.3 Å². The van der Waals surface area contributed by atoms with Crippen LogP contribution in [0.15, 0.2) is 59.3 Å². The Labute approximate surface area is 174 Å². The highest BCUT2D eigenvalue weighted by atomic mass is 16.5. The van der Waals surface area contributed by atoms with Gasteiger partial charge < -0.3 is 23.5 Å². The minimum atomic E-state index is -0.242. The number of imidazole rings is 1. The van der Waals surface area contributed by atoms with Gasteiger partial charge in [0.05, 0.1) is 19.4 Å². The van der Waals surface area contributed by atoms with Gasteiger partial charge >= 0.3 is 0 Å². The van der Waals surface area contributed by atoms with E-state index in [4.69, 9.17) is 9.15 Å². The molecule has 0 saturated carbocycles. The fourth-order valence-corrected chi connectivity index (χ4v) is 3.50. The molecule has 0 bridgehead atoms. The van der Waals surface area contributed by atoms with Gasteiger partial charge in [-0.3, -0.25) is 9.59 Å². The average Bonchev–Trinajstić information content (AvgIpc) is 3.43. The van der Waals surface area contributed by atoms with E-state index in [1.165, 1.54) is 0 Å². The molecule has 0 aliphatic carbocycles. The van der Waals surface area contributed by atoms with Gasteiger partial charge in [-0.15, -0.1) is 0 Å². The normalized spacial score (nSPS) is 13.4. The number of hydrogen-bond acceptors (Lipinski definition) is 5. The fraction of sp³-hybridized carbons (Fsp3) is 0.318. The Kier molecular flexibility index (Phi) is 5.94. The molecule has 0 saturated heterocycles. The Morgan fingerprint density at radius 3 is 2.73 bits per heavy atom. The van der Waals surface area contributed by atoms with Crippen molar-refractivity contribution in [1.82, 2.24) is 19.4 Å². The third-order valence-corrected chi connectivity index (χ3v) is 5.08. The minimum Gasteiger partial charge on any atom is -0.467 e. The van der Waals surface area contributed by atoms with Crippen LogP contribution < -0.4 is 0 Å². The molecule has 1 aliphatic rings. The summed E-state index contributed by atoms with van der Waals surface area (Å²) in [4.78, 5) is 33.8. The van der Waals surface area contributed by atoms with Crippen LogP contribution in [0.1, 0.15) is 32.4 Å². The van der Waals surface area contributed by atoms with Gasteiger partial charge in [-0.2, -0.15) is 0 Å². The van der Waals surface area contributed by atoms with E-state index < -0.39 is 0 Å². The number of carbonyl (C=O) groups is 2. The Hall–Kier alpha value is -3.39. The second-order valence-corrected chi connectivity index (χ2v) is 7.15. The lowest BCUT2D eigenvalue weighted by Crippen LogP contribution is -2.42. The van der Waals surface area contributed by atoms with E-state index in [-0.39, 0.29) is 17.5 Å². The molecular formula is C22H24N4O4. The summed E-state index contributed by atoms with van der Waals surface area (Å²) in [5.41, 5.74) is 1.26. The lowest BCUT2D eigenvalue weighted by molar-refractivity contribution is 0.0633. The molecular weight excluding hydrogens is 384 g/mol. The molecule has 0 radical (unpaired) electrons. The van der Waals surface area contributed by atoms with E-state index in [0.29, 0.717) is 50.9 Å². The highest BCUT2D eigenvalue weighted by molar-refractivity contribution is 5.96. The van der Waals surface area contributed by atoms with Crippen LogP contribution in [0.25, 0.3) is 0 Å². The molecule has 156 valence electrons. The zero-order valence-corrected chi connectivity index (χ0v) is 16.9. The van der Waals surface area contributed by atoms with Crippen LogP contribution in [-0.2, 0) is 24.4 Å². The van der Waals surface area contributed by atoms with Crippen LogP contribution in [-0.4, -0.2) is 58.0 Å². The van der Waals surface area contributed by atoms with Gasteiger partial charge in [0.2, 0.25) is 0 Å². The summed E-state index contributed by atoms with van der Waals surface area (Å²) < 4.78 is 12.3. The SMILES string of the molecule is COCCN1CCn2cc(C(=O)N(Cc3ccccc3)Cc3ccco3)nc2C1=O. The van der Waals surface area contributed by atoms with Gasteiger partial charge in [-0.05, 0) is 17.7 Å². The molecule has 0 unspecified atom stereocenters. The van der Waals surface area contributed by atoms with Crippen molar-refractivity contribution in [3.05, 3.63) is 77.8 Å². The van der Waals surface area contributed by atoms with Gasteiger partial charge in [0.15, 0.2) is 5.82 Å². The molecule has 2 amide bonds. The van der Waals surface area contributed by atoms with Crippen LogP contribution in [0.5, 0.6) is 0 Å². The van der Waals surface area contributed by atoms with Crippen LogP contribution >= 0.6 is 0 Å². The van der Waals surface area contributed by atoms with Crippen LogP contribution in [0.4, 0.5) is 0 Å². The van der Waals surface area contributed by atoms with Crippen molar-refractivity contribution in [2.75, 3.05) is 26.8 Å². The number of fused-ring (bicyclic) bond motifs is 1. The maximum absolute atomic E-state index is 13.3. The van der Waals surface area contributed by atoms with E-state index in [0.717, 1.165) is 5.56 Å². The monoisotopic (exact) mass is 408 g/mol. The second kappa shape index (κ2) is 8.96. The lowest BCUT2D eigenvalue weighted by Gasteiger charge is -2.26. The molecule has 30 heavy (non-hydrogen) atoms. The van der Waals surface area contributed by atoms with Crippen LogP contribution in [0.3, 0.4) is 0 Å². The predicted molar refractivity (Wildman–Crippen MR) is 109 cm³/mol. The van der Waals surface area contributed by atoms with Crippen molar-refractivity contribution in [3.8, 4) is 0 Å². The smallest absolute Gasteiger partial charge is 0.290 e. The van der Waals surface area contributed by atoms with Crippen LogP contribution in [0.2, 0.25) is 0 Å². The second-order valence-electron chi connectivity index (χ2n) is 7.15. The maximum Gasteiger partial charge on any atom is 0.290 e. The van der Waals surface area contributed by atoms with Gasteiger partial charge in [0, 0.05) is 39.5 Å². The van der Waals surface area contributed by atoms with E-state index in [9.17, 15) is 9.59 Å². The standard InChI is InChI=1S/C22H24N4O4/c1-29-13-11-24-9-10-25-16-19(23-20(25)22(24)28)21(27)26(15-18-8-5-12-30-18)14-17-6-3-2-4-7-17/h2-8,12,16H,9-11,13-15H2,1H3. The zero-order valence-electron chi connectivity index (χ0n) is 16.9. The Balaban J connectivity index is 1.56. The Morgan fingerprint density at radius 1 is 1.17 bits per heavy atom. The summed E-state index contributed by atoms with van der Waals surface area (Å²) in [5.74, 6) is 0.551. The maximum atomic E-state index is 13.3. The molecule has 3 heterocycles. The van der Waals surface area contributed by atoms with E-state index in [2.05, 4.69) is 4.98 Å². The number of nitrogens with zero attached hydrogens (tertiary/aromatic N) is 4. The molecule has 0 spiro atoms. The summed E-state index contributed by atoms with van der Waals surface area (Å²) in [5, 5.41) is 0. The largest absolute Gasteiger partial charge is 0.467 e.